The lowest BCUT2D eigenvalue weighted by atomic mass is 10.2. The second kappa shape index (κ2) is 3.89. The van der Waals surface area contributed by atoms with E-state index in [4.69, 9.17) is 5.11 Å². The van der Waals surface area contributed by atoms with Crippen molar-refractivity contribution in [2.45, 2.75) is 6.92 Å². The van der Waals surface area contributed by atoms with Gasteiger partial charge in [-0.3, -0.25) is 4.79 Å². The van der Waals surface area contributed by atoms with Gasteiger partial charge in [0.05, 0.1) is 0 Å². The molecule has 9 heavy (non-hydrogen) atoms. The van der Waals surface area contributed by atoms with Crippen molar-refractivity contribution >= 4 is 5.97 Å². The highest BCUT2D eigenvalue weighted by Crippen LogP contribution is 1.98. The van der Waals surface area contributed by atoms with Crippen molar-refractivity contribution in [2.24, 2.45) is 0 Å². The number of rotatable bonds is 3. The quantitative estimate of drug-likeness (QED) is 0.579. The molecule has 0 aromatic rings. The fourth-order valence-electron chi connectivity index (χ4n) is 0.284. The van der Waals surface area contributed by atoms with Gasteiger partial charge >= 0.3 is 5.97 Å². The number of hydrogen-bond acceptors (Lipinski definition) is 1. The molecule has 2 heteroatoms. The van der Waals surface area contributed by atoms with Gasteiger partial charge in [-0.05, 0) is 6.92 Å². The zero-order valence-corrected chi connectivity index (χ0v) is 5.29. The van der Waals surface area contributed by atoms with E-state index in [-0.39, 0.29) is 0 Å². The summed E-state index contributed by atoms with van der Waals surface area (Å²) in [6, 6.07) is 0. The molecule has 0 aromatic carbocycles. The minimum absolute atomic E-state index is 0.315. The van der Waals surface area contributed by atoms with Gasteiger partial charge in [-0.15, -0.1) is 0 Å². The first-order valence-electron chi connectivity index (χ1n) is 2.54. The Labute approximate surface area is 54.5 Å². The molecule has 0 aliphatic carbocycles. The van der Waals surface area contributed by atoms with E-state index in [1.165, 1.54) is 19.1 Å². The minimum atomic E-state index is -0.895. The molecule has 49 valence electrons. The van der Waals surface area contributed by atoms with Gasteiger partial charge in [-0.1, -0.05) is 24.8 Å². The SMILES string of the molecule is C=CC=C[C](C)C(=O)O. The molecule has 0 amide bonds. The maximum Gasteiger partial charge on any atom is 0.314 e. The molecule has 0 unspecified atom stereocenters. The summed E-state index contributed by atoms with van der Waals surface area (Å²) in [5.74, 6) is -0.581. The summed E-state index contributed by atoms with van der Waals surface area (Å²) < 4.78 is 0. The Morgan fingerprint density at radius 3 is 2.56 bits per heavy atom. The van der Waals surface area contributed by atoms with E-state index in [9.17, 15) is 4.79 Å². The molecule has 0 aliphatic rings. The second-order valence-electron chi connectivity index (χ2n) is 1.58. The van der Waals surface area contributed by atoms with E-state index in [1.54, 1.807) is 6.08 Å². The normalized spacial score (nSPS) is 10.4. The maximum absolute atomic E-state index is 10.1. The Kier molecular flexibility index (Phi) is 3.44. The molecule has 0 aliphatic heterocycles. The molecule has 1 radical (unpaired) electrons. The van der Waals surface area contributed by atoms with E-state index in [0.29, 0.717) is 5.92 Å². The van der Waals surface area contributed by atoms with Gasteiger partial charge in [0.25, 0.3) is 0 Å². The Balaban J connectivity index is 3.75. The van der Waals surface area contributed by atoms with Gasteiger partial charge < -0.3 is 5.11 Å². The van der Waals surface area contributed by atoms with Crippen molar-refractivity contribution in [3.05, 3.63) is 30.7 Å². The van der Waals surface area contributed by atoms with E-state index in [2.05, 4.69) is 6.58 Å². The Bertz CT molecular complexity index is 136. The first-order valence-corrected chi connectivity index (χ1v) is 2.54. The van der Waals surface area contributed by atoms with Gasteiger partial charge in [0.1, 0.15) is 5.92 Å². The Hall–Kier alpha value is -1.05. The molecule has 0 fully saturated rings. The van der Waals surface area contributed by atoms with Crippen molar-refractivity contribution in [3.8, 4) is 0 Å². The largest absolute Gasteiger partial charge is 0.481 e. The third kappa shape index (κ3) is 3.53. The summed E-state index contributed by atoms with van der Waals surface area (Å²) in [5.41, 5.74) is 0. The van der Waals surface area contributed by atoms with Crippen LogP contribution in [0.25, 0.3) is 0 Å². The van der Waals surface area contributed by atoms with E-state index >= 15 is 0 Å². The fraction of sp³-hybridized carbons (Fsp3) is 0.143. The lowest BCUT2D eigenvalue weighted by Crippen LogP contribution is -2.02. The number of carboxylic acids is 1. The predicted molar refractivity (Wildman–Crippen MR) is 35.9 cm³/mol. The van der Waals surface area contributed by atoms with Crippen LogP contribution in [0.1, 0.15) is 6.92 Å². The van der Waals surface area contributed by atoms with Crippen molar-refractivity contribution in [3.63, 3.8) is 0 Å². The van der Waals surface area contributed by atoms with E-state index in [1.807, 2.05) is 0 Å². The van der Waals surface area contributed by atoms with Crippen molar-refractivity contribution in [2.75, 3.05) is 0 Å². The highest BCUT2D eigenvalue weighted by atomic mass is 16.4. The molecule has 0 rings (SSSR count). The van der Waals surface area contributed by atoms with Crippen molar-refractivity contribution in [1.82, 2.24) is 0 Å². The first kappa shape index (κ1) is 7.95. The average Bonchev–Trinajstić information content (AvgIpc) is 1.82. The van der Waals surface area contributed by atoms with E-state index in [0.717, 1.165) is 0 Å². The fourth-order valence-corrected chi connectivity index (χ4v) is 0.284. The van der Waals surface area contributed by atoms with Crippen LogP contribution in [0.3, 0.4) is 0 Å². The monoisotopic (exact) mass is 125 g/mol. The van der Waals surface area contributed by atoms with Crippen LogP contribution < -0.4 is 0 Å². The molecule has 0 aromatic heterocycles. The number of carboxylic acid groups (broad SMARTS) is 1. The molecule has 1 N–H and O–H groups in total. The maximum atomic E-state index is 10.1. The molecular formula is C7H9O2. The number of hydrogen-bond donors (Lipinski definition) is 1. The smallest absolute Gasteiger partial charge is 0.314 e. The standard InChI is InChI=1S/C7H9O2/c1-3-4-5-6(2)7(8)9/h3-5H,1H2,2H3,(H,8,9). The highest BCUT2D eigenvalue weighted by molar-refractivity contribution is 5.84. The summed E-state index contributed by atoms with van der Waals surface area (Å²) in [6.07, 6.45) is 4.62. The number of aliphatic carboxylic acids is 1. The average molecular weight is 125 g/mol. The van der Waals surface area contributed by atoms with Gasteiger partial charge in [0.15, 0.2) is 0 Å². The Morgan fingerprint density at radius 1 is 1.67 bits per heavy atom. The Morgan fingerprint density at radius 2 is 2.22 bits per heavy atom. The molecule has 0 atom stereocenters. The summed E-state index contributed by atoms with van der Waals surface area (Å²) in [6.45, 7) is 4.93. The summed E-state index contributed by atoms with van der Waals surface area (Å²) >= 11 is 0. The van der Waals surface area contributed by atoms with E-state index < -0.39 is 5.97 Å². The second-order valence-corrected chi connectivity index (χ2v) is 1.58. The van der Waals surface area contributed by atoms with Crippen LogP contribution in [-0.2, 0) is 4.79 Å². The molecule has 0 heterocycles. The molecule has 2 nitrogen and oxygen atoms in total. The zero-order valence-electron chi connectivity index (χ0n) is 5.29. The lowest BCUT2D eigenvalue weighted by molar-refractivity contribution is -0.134. The van der Waals surface area contributed by atoms with Crippen LogP contribution in [-0.4, -0.2) is 11.1 Å². The van der Waals surface area contributed by atoms with Gasteiger partial charge in [0.2, 0.25) is 0 Å². The van der Waals surface area contributed by atoms with Crippen LogP contribution in [0.15, 0.2) is 24.8 Å². The number of carbonyl (C=O) groups is 1. The van der Waals surface area contributed by atoms with Gasteiger partial charge in [-0.2, -0.15) is 0 Å². The first-order chi connectivity index (χ1) is 4.18. The van der Waals surface area contributed by atoms with Crippen molar-refractivity contribution < 1.29 is 9.90 Å². The molecular weight excluding hydrogens is 116 g/mol. The minimum Gasteiger partial charge on any atom is -0.481 e. The van der Waals surface area contributed by atoms with Gasteiger partial charge in [-0.25, -0.2) is 0 Å². The molecule has 0 saturated heterocycles. The van der Waals surface area contributed by atoms with Crippen molar-refractivity contribution in [1.29, 1.82) is 0 Å². The third-order valence-electron chi connectivity index (χ3n) is 0.820. The number of allylic oxidation sites excluding steroid dienone is 2. The summed E-state index contributed by atoms with van der Waals surface area (Å²) in [5, 5.41) is 8.29. The molecule has 0 bridgehead atoms. The highest BCUT2D eigenvalue weighted by Gasteiger charge is 2.04. The lowest BCUT2D eigenvalue weighted by Gasteiger charge is -1.92. The summed E-state index contributed by atoms with van der Waals surface area (Å²) in [7, 11) is 0. The molecule has 0 saturated carbocycles. The van der Waals surface area contributed by atoms with Gasteiger partial charge in [0, 0.05) is 0 Å². The van der Waals surface area contributed by atoms with Crippen LogP contribution >= 0.6 is 0 Å². The van der Waals surface area contributed by atoms with Crippen LogP contribution in [0, 0.1) is 5.92 Å². The predicted octanol–water partition coefficient (Wildman–Crippen LogP) is 1.41. The third-order valence-corrected chi connectivity index (χ3v) is 0.820. The topological polar surface area (TPSA) is 37.3 Å². The van der Waals surface area contributed by atoms with Crippen LogP contribution in [0.4, 0.5) is 0 Å². The van der Waals surface area contributed by atoms with Crippen LogP contribution in [0.5, 0.6) is 0 Å². The summed E-state index contributed by atoms with van der Waals surface area (Å²) in [4.78, 5) is 10.1. The van der Waals surface area contributed by atoms with Crippen LogP contribution in [0.2, 0.25) is 0 Å². The molecule has 0 spiro atoms. The zero-order chi connectivity index (χ0) is 7.28.